The zero-order valence-corrected chi connectivity index (χ0v) is 20.7. The standard InChI is InChI=1S/C22H30N4O4.HI/c1-5-23-22(26-17-9-12-19(29-4)20(15-17)30-6-2)25-14-13-24-21(27)16-7-10-18(28-3)11-8-16;/h7-12,15H,5-6,13-14H2,1-4H3,(H,24,27)(H2,23,25,26);1H. The molecule has 0 saturated carbocycles. The first-order valence-electron chi connectivity index (χ1n) is 9.89. The zero-order chi connectivity index (χ0) is 21.8. The summed E-state index contributed by atoms with van der Waals surface area (Å²) < 4.78 is 16.0. The van der Waals surface area contributed by atoms with Crippen molar-refractivity contribution in [1.29, 1.82) is 0 Å². The van der Waals surface area contributed by atoms with E-state index in [1.54, 1.807) is 38.5 Å². The van der Waals surface area contributed by atoms with Gasteiger partial charge in [-0.1, -0.05) is 0 Å². The molecule has 1 amide bonds. The lowest BCUT2D eigenvalue weighted by Crippen LogP contribution is -2.32. The Kier molecular flexibility index (Phi) is 12.2. The van der Waals surface area contributed by atoms with Crippen LogP contribution in [0.4, 0.5) is 5.69 Å². The Bertz CT molecular complexity index is 844. The highest BCUT2D eigenvalue weighted by atomic mass is 127. The predicted molar refractivity (Wildman–Crippen MR) is 135 cm³/mol. The number of nitrogens with one attached hydrogen (secondary N) is 3. The number of halogens is 1. The van der Waals surface area contributed by atoms with Gasteiger partial charge in [0.2, 0.25) is 0 Å². The molecule has 0 unspecified atom stereocenters. The van der Waals surface area contributed by atoms with Crippen molar-refractivity contribution < 1.29 is 19.0 Å². The fourth-order valence-corrected chi connectivity index (χ4v) is 2.65. The lowest BCUT2D eigenvalue weighted by Gasteiger charge is -2.14. The summed E-state index contributed by atoms with van der Waals surface area (Å²) in [6.07, 6.45) is 0. The molecule has 2 aromatic rings. The van der Waals surface area contributed by atoms with Crippen molar-refractivity contribution in [3.8, 4) is 17.2 Å². The van der Waals surface area contributed by atoms with E-state index in [2.05, 4.69) is 20.9 Å². The maximum Gasteiger partial charge on any atom is 0.251 e. The number of carbonyl (C=O) groups excluding carboxylic acids is 1. The SMILES string of the molecule is CCNC(=NCCNC(=O)c1ccc(OC)cc1)Nc1ccc(OC)c(OCC)c1.I. The van der Waals surface area contributed by atoms with E-state index in [0.29, 0.717) is 55.0 Å². The maximum absolute atomic E-state index is 12.2. The number of carbonyl (C=O) groups is 1. The van der Waals surface area contributed by atoms with Crippen LogP contribution in [-0.2, 0) is 0 Å². The van der Waals surface area contributed by atoms with Gasteiger partial charge in [0.05, 0.1) is 27.4 Å². The third kappa shape index (κ3) is 8.52. The minimum Gasteiger partial charge on any atom is -0.497 e. The molecule has 0 aliphatic carbocycles. The fourth-order valence-electron chi connectivity index (χ4n) is 2.65. The maximum atomic E-state index is 12.2. The second kappa shape index (κ2) is 14.3. The van der Waals surface area contributed by atoms with Crippen LogP contribution in [-0.4, -0.2) is 52.3 Å². The van der Waals surface area contributed by atoms with E-state index in [-0.39, 0.29) is 29.9 Å². The van der Waals surface area contributed by atoms with Crippen molar-refractivity contribution in [2.75, 3.05) is 45.8 Å². The van der Waals surface area contributed by atoms with E-state index in [1.165, 1.54) is 0 Å². The van der Waals surface area contributed by atoms with Gasteiger partial charge in [0.1, 0.15) is 5.75 Å². The summed E-state index contributed by atoms with van der Waals surface area (Å²) in [4.78, 5) is 16.7. The van der Waals surface area contributed by atoms with Crippen LogP contribution in [0.2, 0.25) is 0 Å². The van der Waals surface area contributed by atoms with Gasteiger partial charge >= 0.3 is 0 Å². The Balaban J connectivity index is 0.00000480. The molecule has 0 fully saturated rings. The molecule has 0 spiro atoms. The monoisotopic (exact) mass is 542 g/mol. The number of rotatable bonds is 10. The molecule has 9 heteroatoms. The summed E-state index contributed by atoms with van der Waals surface area (Å²) in [5.41, 5.74) is 1.40. The second-order valence-electron chi connectivity index (χ2n) is 6.17. The number of benzene rings is 2. The van der Waals surface area contributed by atoms with Gasteiger partial charge < -0.3 is 30.2 Å². The summed E-state index contributed by atoms with van der Waals surface area (Å²) >= 11 is 0. The molecule has 2 aromatic carbocycles. The molecule has 2 rings (SSSR count). The summed E-state index contributed by atoms with van der Waals surface area (Å²) in [5, 5.41) is 9.28. The first kappa shape index (κ1) is 26.3. The van der Waals surface area contributed by atoms with Crippen molar-refractivity contribution in [3.63, 3.8) is 0 Å². The van der Waals surface area contributed by atoms with Crippen LogP contribution in [0, 0.1) is 0 Å². The first-order chi connectivity index (χ1) is 14.6. The average Bonchev–Trinajstić information content (AvgIpc) is 2.77. The molecule has 0 aliphatic heterocycles. The second-order valence-corrected chi connectivity index (χ2v) is 6.17. The van der Waals surface area contributed by atoms with Gasteiger partial charge in [-0.2, -0.15) is 0 Å². The average molecular weight is 542 g/mol. The van der Waals surface area contributed by atoms with Gasteiger partial charge in [0, 0.05) is 30.4 Å². The Labute approximate surface area is 200 Å². The molecule has 0 heterocycles. The lowest BCUT2D eigenvalue weighted by molar-refractivity contribution is 0.0955. The minimum atomic E-state index is -0.151. The molecule has 0 radical (unpaired) electrons. The molecular formula is C22H31IN4O4. The first-order valence-corrected chi connectivity index (χ1v) is 9.89. The number of methoxy groups -OCH3 is 2. The molecule has 0 aromatic heterocycles. The van der Waals surface area contributed by atoms with E-state index in [9.17, 15) is 4.79 Å². The van der Waals surface area contributed by atoms with Crippen molar-refractivity contribution in [2.45, 2.75) is 13.8 Å². The normalized spacial score (nSPS) is 10.5. The predicted octanol–water partition coefficient (Wildman–Crippen LogP) is 3.53. The third-order valence-electron chi connectivity index (χ3n) is 4.09. The molecular weight excluding hydrogens is 511 g/mol. The number of hydrogen-bond donors (Lipinski definition) is 3. The largest absolute Gasteiger partial charge is 0.497 e. The van der Waals surface area contributed by atoms with Crippen molar-refractivity contribution in [2.24, 2.45) is 4.99 Å². The van der Waals surface area contributed by atoms with E-state index in [4.69, 9.17) is 14.2 Å². The van der Waals surface area contributed by atoms with Crippen molar-refractivity contribution in [1.82, 2.24) is 10.6 Å². The van der Waals surface area contributed by atoms with Gasteiger partial charge in [-0.05, 0) is 50.2 Å². The van der Waals surface area contributed by atoms with Crippen LogP contribution in [0.3, 0.4) is 0 Å². The fraction of sp³-hybridized carbons (Fsp3) is 0.364. The molecule has 0 bridgehead atoms. The number of ether oxygens (including phenoxy) is 3. The Morgan fingerprint density at radius 2 is 1.71 bits per heavy atom. The molecule has 3 N–H and O–H groups in total. The van der Waals surface area contributed by atoms with Crippen LogP contribution in [0.15, 0.2) is 47.5 Å². The molecule has 170 valence electrons. The quantitative estimate of drug-likeness (QED) is 0.184. The van der Waals surface area contributed by atoms with Crippen LogP contribution in [0.1, 0.15) is 24.2 Å². The van der Waals surface area contributed by atoms with Crippen molar-refractivity contribution >= 4 is 41.5 Å². The Morgan fingerprint density at radius 3 is 2.32 bits per heavy atom. The highest BCUT2D eigenvalue weighted by molar-refractivity contribution is 14.0. The molecule has 0 aliphatic rings. The number of amides is 1. The molecule has 0 saturated heterocycles. The van der Waals surface area contributed by atoms with E-state index >= 15 is 0 Å². The zero-order valence-electron chi connectivity index (χ0n) is 18.4. The van der Waals surface area contributed by atoms with Gasteiger partial charge in [-0.3, -0.25) is 9.79 Å². The van der Waals surface area contributed by atoms with Crippen LogP contribution in [0.5, 0.6) is 17.2 Å². The Morgan fingerprint density at radius 1 is 0.968 bits per heavy atom. The topological polar surface area (TPSA) is 93.2 Å². The molecule has 31 heavy (non-hydrogen) atoms. The summed E-state index contributed by atoms with van der Waals surface area (Å²) in [6.45, 7) is 5.99. The highest BCUT2D eigenvalue weighted by Crippen LogP contribution is 2.30. The smallest absolute Gasteiger partial charge is 0.251 e. The van der Waals surface area contributed by atoms with Gasteiger partial charge in [-0.25, -0.2) is 0 Å². The van der Waals surface area contributed by atoms with Crippen LogP contribution < -0.4 is 30.2 Å². The number of guanidine groups is 1. The number of aliphatic imine (C=N–C) groups is 1. The van der Waals surface area contributed by atoms with Gasteiger partial charge in [0.15, 0.2) is 17.5 Å². The van der Waals surface area contributed by atoms with Crippen LogP contribution in [0.25, 0.3) is 0 Å². The van der Waals surface area contributed by atoms with Crippen molar-refractivity contribution in [3.05, 3.63) is 48.0 Å². The molecule has 0 atom stereocenters. The summed E-state index contributed by atoms with van der Waals surface area (Å²) in [5.74, 6) is 2.51. The molecule has 8 nitrogen and oxygen atoms in total. The number of nitrogens with zero attached hydrogens (tertiary/aromatic N) is 1. The summed E-state index contributed by atoms with van der Waals surface area (Å²) in [7, 11) is 3.20. The van der Waals surface area contributed by atoms with E-state index in [0.717, 1.165) is 5.69 Å². The number of anilines is 1. The minimum absolute atomic E-state index is 0. The number of hydrogen-bond acceptors (Lipinski definition) is 5. The Hall–Kier alpha value is -2.69. The summed E-state index contributed by atoms with van der Waals surface area (Å²) in [6, 6.07) is 12.6. The van der Waals surface area contributed by atoms with E-state index < -0.39 is 0 Å². The van der Waals surface area contributed by atoms with Gasteiger partial charge in [-0.15, -0.1) is 24.0 Å². The van der Waals surface area contributed by atoms with Gasteiger partial charge in [0.25, 0.3) is 5.91 Å². The lowest BCUT2D eigenvalue weighted by atomic mass is 10.2. The third-order valence-corrected chi connectivity index (χ3v) is 4.09. The van der Waals surface area contributed by atoms with E-state index in [1.807, 2.05) is 32.0 Å². The highest BCUT2D eigenvalue weighted by Gasteiger charge is 2.08. The van der Waals surface area contributed by atoms with Crippen LogP contribution >= 0.6 is 24.0 Å².